The zero-order valence-electron chi connectivity index (χ0n) is 12.8. The van der Waals surface area contributed by atoms with E-state index in [-0.39, 0.29) is 17.5 Å². The van der Waals surface area contributed by atoms with Crippen molar-refractivity contribution in [3.63, 3.8) is 0 Å². The molecule has 2 N–H and O–H groups in total. The molecule has 1 unspecified atom stereocenters. The van der Waals surface area contributed by atoms with Crippen LogP contribution in [-0.4, -0.2) is 47.8 Å². The van der Waals surface area contributed by atoms with Crippen molar-refractivity contribution >= 4 is 57.6 Å². The summed E-state index contributed by atoms with van der Waals surface area (Å²) in [5.41, 5.74) is 0.748. The molecule has 2 rings (SSSR count). The summed E-state index contributed by atoms with van der Waals surface area (Å²) in [5, 5.41) is 18.7. The van der Waals surface area contributed by atoms with E-state index >= 15 is 0 Å². The van der Waals surface area contributed by atoms with Crippen molar-refractivity contribution in [2.45, 2.75) is 11.7 Å². The van der Waals surface area contributed by atoms with Crippen molar-refractivity contribution < 1.29 is 24.2 Å². The molecule has 0 radical (unpaired) electrons. The van der Waals surface area contributed by atoms with E-state index in [0.717, 1.165) is 20.9 Å². The van der Waals surface area contributed by atoms with Gasteiger partial charge in [-0.1, -0.05) is 11.8 Å². The number of hydrogen-bond donors (Lipinski definition) is 2. The van der Waals surface area contributed by atoms with E-state index in [1.807, 2.05) is 6.07 Å². The number of carboxylic acids is 1. The van der Waals surface area contributed by atoms with Crippen molar-refractivity contribution in [2.24, 2.45) is 10.2 Å². The molecule has 1 aliphatic rings. The second-order valence-corrected chi connectivity index (χ2v) is 6.94. The molecule has 8 nitrogen and oxygen atoms in total. The zero-order valence-corrected chi connectivity index (χ0v) is 15.8. The van der Waals surface area contributed by atoms with Crippen molar-refractivity contribution in [2.75, 3.05) is 14.2 Å². The standard InChI is InChI=1S/C14H14IN3O5S/c1-22-9-4-7(3-8(15)12(9)23-2)6-16-18-14-17-13(21)10(24-14)5-11(19)20/h3-4,6,10H,5H2,1-2H3,(H,19,20)(H,17,18,21)/b16-6+. The summed E-state index contributed by atoms with van der Waals surface area (Å²) < 4.78 is 11.4. The van der Waals surface area contributed by atoms with Gasteiger partial charge < -0.3 is 19.9 Å². The fourth-order valence-electron chi connectivity index (χ4n) is 1.91. The van der Waals surface area contributed by atoms with Gasteiger partial charge in [0.15, 0.2) is 16.7 Å². The molecule has 1 aromatic rings. The highest BCUT2D eigenvalue weighted by Gasteiger charge is 2.32. The average Bonchev–Trinajstić information content (AvgIpc) is 2.85. The second kappa shape index (κ2) is 8.33. The Morgan fingerprint density at radius 2 is 2.21 bits per heavy atom. The Labute approximate surface area is 155 Å². The number of amidine groups is 1. The van der Waals surface area contributed by atoms with Gasteiger partial charge in [0, 0.05) is 0 Å². The van der Waals surface area contributed by atoms with E-state index in [1.54, 1.807) is 20.3 Å². The Hall–Kier alpha value is -1.82. The van der Waals surface area contributed by atoms with E-state index in [9.17, 15) is 9.59 Å². The number of benzene rings is 1. The Kier molecular flexibility index (Phi) is 6.43. The fraction of sp³-hybridized carbons (Fsp3) is 0.286. The monoisotopic (exact) mass is 463 g/mol. The van der Waals surface area contributed by atoms with Crippen LogP contribution in [-0.2, 0) is 9.59 Å². The Morgan fingerprint density at radius 1 is 1.46 bits per heavy atom. The summed E-state index contributed by atoms with van der Waals surface area (Å²) in [7, 11) is 3.11. The number of thioether (sulfide) groups is 1. The number of ether oxygens (including phenoxy) is 2. The highest BCUT2D eigenvalue weighted by Crippen LogP contribution is 2.33. The minimum atomic E-state index is -1.03. The van der Waals surface area contributed by atoms with Crippen molar-refractivity contribution in [3.8, 4) is 11.5 Å². The van der Waals surface area contributed by atoms with E-state index in [4.69, 9.17) is 14.6 Å². The molecule has 1 amide bonds. The molecule has 1 aromatic carbocycles. The van der Waals surface area contributed by atoms with Crippen molar-refractivity contribution in [1.29, 1.82) is 0 Å². The molecule has 10 heteroatoms. The molecule has 1 fully saturated rings. The molecule has 1 heterocycles. The number of carbonyl (C=O) groups excluding carboxylic acids is 1. The van der Waals surface area contributed by atoms with Gasteiger partial charge in [0.05, 0.1) is 30.4 Å². The highest BCUT2D eigenvalue weighted by molar-refractivity contribution is 14.1. The van der Waals surface area contributed by atoms with Crippen LogP contribution in [0.5, 0.6) is 11.5 Å². The van der Waals surface area contributed by atoms with Crippen LogP contribution in [0.15, 0.2) is 22.3 Å². The molecule has 128 valence electrons. The maximum Gasteiger partial charge on any atom is 0.305 e. The number of carbonyl (C=O) groups is 2. The normalized spacial score (nSPS) is 18.9. The zero-order chi connectivity index (χ0) is 17.7. The molecule has 0 spiro atoms. The van der Waals surface area contributed by atoms with Gasteiger partial charge in [0.2, 0.25) is 5.91 Å². The lowest BCUT2D eigenvalue weighted by molar-refractivity contribution is -0.138. The molecule has 0 bridgehead atoms. The number of hydrogen-bond acceptors (Lipinski definition) is 7. The number of amides is 1. The van der Waals surface area contributed by atoms with E-state index in [1.165, 1.54) is 6.21 Å². The minimum Gasteiger partial charge on any atom is -0.493 e. The largest absolute Gasteiger partial charge is 0.493 e. The summed E-state index contributed by atoms with van der Waals surface area (Å²) in [4.78, 5) is 22.3. The van der Waals surface area contributed by atoms with E-state index < -0.39 is 11.2 Å². The summed E-state index contributed by atoms with van der Waals surface area (Å²) >= 11 is 3.17. The van der Waals surface area contributed by atoms with Crippen LogP contribution in [0, 0.1) is 3.57 Å². The third-order valence-electron chi connectivity index (χ3n) is 2.95. The first kappa shape index (κ1) is 18.5. The first-order chi connectivity index (χ1) is 11.4. The van der Waals surface area contributed by atoms with Crippen LogP contribution in [0.2, 0.25) is 0 Å². The average molecular weight is 463 g/mol. The lowest BCUT2D eigenvalue weighted by Gasteiger charge is -2.09. The van der Waals surface area contributed by atoms with Gasteiger partial charge in [-0.15, -0.1) is 5.10 Å². The summed E-state index contributed by atoms with van der Waals surface area (Å²) in [6.07, 6.45) is 1.25. The van der Waals surface area contributed by atoms with Crippen LogP contribution in [0.1, 0.15) is 12.0 Å². The van der Waals surface area contributed by atoms with Crippen LogP contribution in [0.25, 0.3) is 0 Å². The molecule has 1 aliphatic heterocycles. The number of carboxylic acid groups (broad SMARTS) is 1. The highest BCUT2D eigenvalue weighted by atomic mass is 127. The van der Waals surface area contributed by atoms with Crippen LogP contribution < -0.4 is 14.8 Å². The third kappa shape index (κ3) is 4.60. The molecule has 1 saturated heterocycles. The summed E-state index contributed by atoms with van der Waals surface area (Å²) in [6.45, 7) is 0. The topological polar surface area (TPSA) is 110 Å². The predicted octanol–water partition coefficient (Wildman–Crippen LogP) is 1.70. The maximum absolute atomic E-state index is 11.6. The van der Waals surface area contributed by atoms with Crippen LogP contribution in [0.4, 0.5) is 0 Å². The predicted molar refractivity (Wildman–Crippen MR) is 99.1 cm³/mol. The Balaban J connectivity index is 2.10. The fourth-order valence-corrected chi connectivity index (χ4v) is 3.67. The van der Waals surface area contributed by atoms with Crippen molar-refractivity contribution in [3.05, 3.63) is 21.3 Å². The summed E-state index contributed by atoms with van der Waals surface area (Å²) in [5.74, 6) is -0.204. The molecule has 1 atom stereocenters. The number of nitrogens with one attached hydrogen (secondary N) is 1. The first-order valence-corrected chi connectivity index (χ1v) is 8.62. The van der Waals surface area contributed by atoms with Gasteiger partial charge in [0.25, 0.3) is 0 Å². The maximum atomic E-state index is 11.6. The van der Waals surface area contributed by atoms with Gasteiger partial charge in [-0.2, -0.15) is 5.10 Å². The second-order valence-electron chi connectivity index (χ2n) is 4.58. The van der Waals surface area contributed by atoms with Gasteiger partial charge in [-0.05, 0) is 40.3 Å². The lowest BCUT2D eigenvalue weighted by Crippen LogP contribution is -2.26. The minimum absolute atomic E-state index is 0.257. The van der Waals surface area contributed by atoms with E-state index in [2.05, 4.69) is 38.1 Å². The van der Waals surface area contributed by atoms with Crippen molar-refractivity contribution in [1.82, 2.24) is 5.32 Å². The molecule has 0 aliphatic carbocycles. The number of aliphatic carboxylic acids is 1. The number of methoxy groups -OCH3 is 2. The van der Waals surface area contributed by atoms with Gasteiger partial charge in [-0.25, -0.2) is 0 Å². The van der Waals surface area contributed by atoms with Crippen LogP contribution >= 0.6 is 34.4 Å². The van der Waals surface area contributed by atoms with Gasteiger partial charge in [-0.3, -0.25) is 9.59 Å². The number of halogens is 1. The van der Waals surface area contributed by atoms with Crippen LogP contribution in [0.3, 0.4) is 0 Å². The van der Waals surface area contributed by atoms with Gasteiger partial charge in [0.1, 0.15) is 5.25 Å². The summed E-state index contributed by atoms with van der Waals surface area (Å²) in [6, 6.07) is 3.59. The van der Waals surface area contributed by atoms with E-state index in [0.29, 0.717) is 11.5 Å². The molecule has 0 saturated carbocycles. The number of nitrogens with zero attached hydrogens (tertiary/aromatic N) is 2. The smallest absolute Gasteiger partial charge is 0.305 e. The lowest BCUT2D eigenvalue weighted by atomic mass is 10.2. The number of rotatable bonds is 6. The third-order valence-corrected chi connectivity index (χ3v) is 4.82. The van der Waals surface area contributed by atoms with Gasteiger partial charge >= 0.3 is 5.97 Å². The molecule has 24 heavy (non-hydrogen) atoms. The molecular weight excluding hydrogens is 449 g/mol. The molecule has 0 aromatic heterocycles. The molecular formula is C14H14IN3O5S. The Bertz CT molecular complexity index is 723. The quantitative estimate of drug-likeness (QED) is 0.378. The first-order valence-electron chi connectivity index (χ1n) is 6.66. The Morgan fingerprint density at radius 3 is 2.83 bits per heavy atom. The SMILES string of the molecule is COc1cc(/C=N/N=C2\NC(=O)C(CC(=O)O)S2)cc(I)c1OC.